The molecule has 1 aliphatic heterocycles. The van der Waals surface area contributed by atoms with Crippen molar-refractivity contribution in [3.05, 3.63) is 68.0 Å². The Labute approximate surface area is 232 Å². The van der Waals surface area contributed by atoms with Crippen LogP contribution in [0, 0.1) is 5.82 Å². The summed E-state index contributed by atoms with van der Waals surface area (Å²) in [5.41, 5.74) is 1.89. The third kappa shape index (κ3) is 5.22. The highest BCUT2D eigenvalue weighted by Crippen LogP contribution is 2.43. The van der Waals surface area contributed by atoms with E-state index in [1.165, 1.54) is 23.9 Å². The number of ether oxygens (including phenoxy) is 3. The lowest BCUT2D eigenvalue weighted by Crippen LogP contribution is -2.32. The van der Waals surface area contributed by atoms with Crippen LogP contribution < -0.4 is 14.8 Å². The molecule has 9 nitrogen and oxygen atoms in total. The number of methoxy groups -OCH3 is 1. The van der Waals surface area contributed by atoms with E-state index >= 15 is 0 Å². The van der Waals surface area contributed by atoms with Gasteiger partial charge in [-0.2, -0.15) is 4.68 Å². The van der Waals surface area contributed by atoms with Crippen molar-refractivity contribution in [3.8, 4) is 11.5 Å². The molecule has 12 heteroatoms. The summed E-state index contributed by atoms with van der Waals surface area (Å²) in [7, 11) is 1.50. The second-order valence-electron chi connectivity index (χ2n) is 9.20. The van der Waals surface area contributed by atoms with Crippen molar-refractivity contribution in [2.75, 3.05) is 12.4 Å². The van der Waals surface area contributed by atoms with Gasteiger partial charge < -0.3 is 19.5 Å². The molecule has 0 amide bonds. The normalized spacial score (nSPS) is 17.6. The summed E-state index contributed by atoms with van der Waals surface area (Å²) in [6.07, 6.45) is 4.82. The van der Waals surface area contributed by atoms with Crippen LogP contribution in [0.1, 0.15) is 56.2 Å². The first-order valence-corrected chi connectivity index (χ1v) is 13.4. The second kappa shape index (κ2) is 11.3. The minimum absolute atomic E-state index is 0.109. The molecule has 1 fully saturated rings. The third-order valence-electron chi connectivity index (χ3n) is 6.75. The Morgan fingerprint density at radius 2 is 2.05 bits per heavy atom. The van der Waals surface area contributed by atoms with Gasteiger partial charge in [-0.1, -0.05) is 29.2 Å². The Morgan fingerprint density at radius 3 is 2.79 bits per heavy atom. The molecule has 2 aromatic carbocycles. The van der Waals surface area contributed by atoms with Gasteiger partial charge in [-0.25, -0.2) is 9.18 Å². The number of benzene rings is 2. The Balaban J connectivity index is 1.49. The zero-order valence-corrected chi connectivity index (χ0v) is 23.2. The van der Waals surface area contributed by atoms with Gasteiger partial charge in [-0.05, 0) is 88.8 Å². The van der Waals surface area contributed by atoms with E-state index in [1.54, 1.807) is 25.1 Å². The van der Waals surface area contributed by atoms with Crippen LogP contribution in [0.5, 0.6) is 11.5 Å². The summed E-state index contributed by atoms with van der Waals surface area (Å²) in [4.78, 5) is 13.5. The second-order valence-corrected chi connectivity index (χ2v) is 10.5. The molecule has 0 saturated heterocycles. The maximum absolute atomic E-state index is 14.3. The number of hydrogen-bond donors (Lipinski definition) is 1. The standard InChI is InChI=1S/C26H26BrClFN5O4/c1-14-22(25(35)38-16-7-4-3-5-8-16)23(34-26(30-14)31-32-33-34)15-11-18(27)24(21(12-15)36-2)37-13-17-19(28)9-6-10-20(17)29/h6,9-12,16,23H,3-5,7-8,13H2,1-2H3,(H,30,31,33). The van der Waals surface area contributed by atoms with Crippen LogP contribution in [0.25, 0.3) is 0 Å². The average molecular weight is 607 g/mol. The average Bonchev–Trinajstić information content (AvgIpc) is 3.36. The molecule has 38 heavy (non-hydrogen) atoms. The Hall–Kier alpha value is -3.18. The van der Waals surface area contributed by atoms with Gasteiger partial charge in [-0.15, -0.1) is 0 Å². The molecule has 1 N–H and O–H groups in total. The van der Waals surface area contributed by atoms with Crippen LogP contribution in [-0.2, 0) is 16.1 Å². The molecule has 1 unspecified atom stereocenters. The SMILES string of the molecule is COc1cc(C2C(C(=O)OC3CCCCC3)=C(C)Nc3nnnn32)cc(Br)c1OCc1c(F)cccc1Cl. The minimum atomic E-state index is -0.683. The molecule has 0 bridgehead atoms. The Kier molecular flexibility index (Phi) is 7.85. The van der Waals surface area contributed by atoms with E-state index in [0.717, 1.165) is 32.1 Å². The smallest absolute Gasteiger partial charge is 0.338 e. The number of anilines is 1. The monoisotopic (exact) mass is 605 g/mol. The van der Waals surface area contributed by atoms with Gasteiger partial charge in [0, 0.05) is 11.3 Å². The van der Waals surface area contributed by atoms with Crippen molar-refractivity contribution in [3.63, 3.8) is 0 Å². The van der Waals surface area contributed by atoms with Crippen LogP contribution >= 0.6 is 27.5 Å². The number of nitrogens with zero attached hydrogens (tertiary/aromatic N) is 4. The van der Waals surface area contributed by atoms with Crippen molar-refractivity contribution < 1.29 is 23.4 Å². The van der Waals surface area contributed by atoms with Crippen LogP contribution in [0.3, 0.4) is 0 Å². The van der Waals surface area contributed by atoms with Gasteiger partial charge in [0.05, 0.1) is 22.2 Å². The van der Waals surface area contributed by atoms with Gasteiger partial charge in [0.1, 0.15) is 24.6 Å². The molecule has 2 heterocycles. The van der Waals surface area contributed by atoms with Crippen molar-refractivity contribution >= 4 is 39.4 Å². The quantitative estimate of drug-likeness (QED) is 0.328. The molecule has 200 valence electrons. The first kappa shape index (κ1) is 26.4. The summed E-state index contributed by atoms with van der Waals surface area (Å²) in [5, 5.41) is 15.3. The van der Waals surface area contributed by atoms with Crippen LogP contribution in [0.2, 0.25) is 5.02 Å². The molecular weight excluding hydrogens is 581 g/mol. The maximum atomic E-state index is 14.3. The minimum Gasteiger partial charge on any atom is -0.493 e. The number of allylic oxidation sites excluding steroid dienone is 1. The number of esters is 1. The van der Waals surface area contributed by atoms with E-state index in [1.807, 2.05) is 0 Å². The molecular formula is C26H26BrClFN5O4. The fourth-order valence-electron chi connectivity index (χ4n) is 4.83. The molecule has 0 spiro atoms. The lowest BCUT2D eigenvalue weighted by molar-refractivity contribution is -0.146. The van der Waals surface area contributed by atoms with E-state index in [9.17, 15) is 9.18 Å². The summed E-state index contributed by atoms with van der Waals surface area (Å²) < 4.78 is 33.9. The fraction of sp³-hybridized carbons (Fsp3) is 0.385. The Bertz CT molecular complexity index is 1370. The van der Waals surface area contributed by atoms with Crippen molar-refractivity contribution in [1.82, 2.24) is 20.2 Å². The van der Waals surface area contributed by atoms with Gasteiger partial charge >= 0.3 is 5.97 Å². The highest BCUT2D eigenvalue weighted by atomic mass is 79.9. The summed E-state index contributed by atoms with van der Waals surface area (Å²) in [6.45, 7) is 1.69. The van der Waals surface area contributed by atoms with E-state index in [2.05, 4.69) is 36.8 Å². The van der Waals surface area contributed by atoms with E-state index in [0.29, 0.717) is 38.8 Å². The Morgan fingerprint density at radius 1 is 1.26 bits per heavy atom. The highest BCUT2D eigenvalue weighted by molar-refractivity contribution is 9.10. The third-order valence-corrected chi connectivity index (χ3v) is 7.69. The maximum Gasteiger partial charge on any atom is 0.338 e. The first-order chi connectivity index (χ1) is 18.4. The number of tetrazole rings is 1. The first-order valence-electron chi connectivity index (χ1n) is 12.3. The number of hydrogen-bond acceptors (Lipinski definition) is 8. The van der Waals surface area contributed by atoms with E-state index in [4.69, 9.17) is 25.8 Å². The molecule has 1 saturated carbocycles. The number of aromatic nitrogens is 4. The van der Waals surface area contributed by atoms with Gasteiger partial charge in [-0.3, -0.25) is 0 Å². The molecule has 0 radical (unpaired) electrons. The summed E-state index contributed by atoms with van der Waals surface area (Å²) in [6, 6.07) is 7.31. The lowest BCUT2D eigenvalue weighted by atomic mass is 9.94. The van der Waals surface area contributed by atoms with Crippen molar-refractivity contribution in [2.24, 2.45) is 0 Å². The number of nitrogens with one attached hydrogen (secondary N) is 1. The summed E-state index contributed by atoms with van der Waals surface area (Å²) >= 11 is 9.72. The molecule has 3 aromatic rings. The zero-order valence-electron chi connectivity index (χ0n) is 20.8. The van der Waals surface area contributed by atoms with E-state index in [-0.39, 0.29) is 23.3 Å². The highest BCUT2D eigenvalue weighted by Gasteiger charge is 2.37. The molecule has 5 rings (SSSR count). The molecule has 2 aliphatic rings. The van der Waals surface area contributed by atoms with Gasteiger partial charge in [0.15, 0.2) is 11.5 Å². The number of rotatable bonds is 7. The predicted octanol–water partition coefficient (Wildman–Crippen LogP) is 5.98. The van der Waals surface area contributed by atoms with Gasteiger partial charge in [0.25, 0.3) is 0 Å². The van der Waals surface area contributed by atoms with Crippen LogP contribution in [0.4, 0.5) is 10.3 Å². The largest absolute Gasteiger partial charge is 0.493 e. The van der Waals surface area contributed by atoms with Gasteiger partial charge in [0.2, 0.25) is 5.95 Å². The van der Waals surface area contributed by atoms with Crippen LogP contribution in [0.15, 0.2) is 46.1 Å². The molecule has 1 atom stereocenters. The number of carbonyl (C=O) groups excluding carboxylic acids is 1. The summed E-state index contributed by atoms with van der Waals surface area (Å²) in [5.74, 6) is 0.233. The predicted molar refractivity (Wildman–Crippen MR) is 142 cm³/mol. The fourth-order valence-corrected chi connectivity index (χ4v) is 5.63. The number of fused-ring (bicyclic) bond motifs is 1. The van der Waals surface area contributed by atoms with Crippen molar-refractivity contribution in [2.45, 2.75) is 57.8 Å². The topological polar surface area (TPSA) is 100 Å². The van der Waals surface area contributed by atoms with Crippen molar-refractivity contribution in [1.29, 1.82) is 0 Å². The number of carbonyl (C=O) groups is 1. The van der Waals surface area contributed by atoms with E-state index < -0.39 is 17.8 Å². The molecule has 1 aromatic heterocycles. The zero-order chi connectivity index (χ0) is 26.8. The number of halogens is 3. The van der Waals surface area contributed by atoms with Crippen LogP contribution in [-0.4, -0.2) is 39.4 Å². The molecule has 1 aliphatic carbocycles. The lowest BCUT2D eigenvalue weighted by Gasteiger charge is -2.30.